The van der Waals surface area contributed by atoms with Gasteiger partial charge in [-0.15, -0.1) is 0 Å². The Hall–Kier alpha value is -1.27. The van der Waals surface area contributed by atoms with Gasteiger partial charge in [-0.3, -0.25) is 0 Å². The fourth-order valence-electron chi connectivity index (χ4n) is 2.44. The lowest BCUT2D eigenvalue weighted by molar-refractivity contribution is 0.0600. The van der Waals surface area contributed by atoms with Crippen molar-refractivity contribution in [1.82, 2.24) is 9.55 Å². The summed E-state index contributed by atoms with van der Waals surface area (Å²) in [6.45, 7) is 1.26. The Labute approximate surface area is 107 Å². The van der Waals surface area contributed by atoms with Crippen molar-refractivity contribution >= 4 is 23.3 Å². The van der Waals surface area contributed by atoms with E-state index in [1.165, 1.54) is 6.07 Å². The second-order valence-electron chi connectivity index (χ2n) is 4.45. The number of nitrogens with zero attached hydrogens (tertiary/aromatic N) is 1. The highest BCUT2D eigenvalue weighted by Crippen LogP contribution is 2.27. The van der Waals surface area contributed by atoms with E-state index in [9.17, 15) is 8.78 Å². The molecule has 1 aromatic heterocycles. The van der Waals surface area contributed by atoms with E-state index in [4.69, 9.17) is 17.0 Å². The largest absolute Gasteiger partial charge is 0.379 e. The standard InChI is InChI=1S/C12H12F2N2OS/c13-7-4-9(14)11-10(5-7)16(12(18)15-11)8-2-1-3-17-6-8/h4-5,8H,1-3,6H2,(H,15,18). The highest BCUT2D eigenvalue weighted by molar-refractivity contribution is 7.71. The number of hydrogen-bond donors (Lipinski definition) is 1. The van der Waals surface area contributed by atoms with Crippen LogP contribution in [-0.2, 0) is 4.74 Å². The van der Waals surface area contributed by atoms with E-state index in [0.29, 0.717) is 16.9 Å². The van der Waals surface area contributed by atoms with E-state index in [0.717, 1.165) is 25.5 Å². The van der Waals surface area contributed by atoms with E-state index in [2.05, 4.69) is 4.98 Å². The molecule has 0 spiro atoms. The van der Waals surface area contributed by atoms with Gasteiger partial charge in [-0.2, -0.15) is 0 Å². The summed E-state index contributed by atoms with van der Waals surface area (Å²) in [4.78, 5) is 2.80. The summed E-state index contributed by atoms with van der Waals surface area (Å²) in [6, 6.07) is 2.20. The number of halogens is 2. The number of aromatic amines is 1. The smallest absolute Gasteiger partial charge is 0.178 e. The first-order valence-electron chi connectivity index (χ1n) is 5.84. The Morgan fingerprint density at radius 2 is 2.22 bits per heavy atom. The molecule has 0 saturated carbocycles. The van der Waals surface area contributed by atoms with Gasteiger partial charge in [0.25, 0.3) is 0 Å². The minimum absolute atomic E-state index is 0.0428. The number of H-pyrrole nitrogens is 1. The molecule has 3 rings (SSSR count). The molecule has 96 valence electrons. The van der Waals surface area contributed by atoms with Gasteiger partial charge in [0.2, 0.25) is 0 Å². The summed E-state index contributed by atoms with van der Waals surface area (Å²) < 4.78 is 34.5. The number of rotatable bonds is 1. The van der Waals surface area contributed by atoms with Gasteiger partial charge in [-0.25, -0.2) is 8.78 Å². The fourth-order valence-corrected chi connectivity index (χ4v) is 2.79. The van der Waals surface area contributed by atoms with E-state index in [-0.39, 0.29) is 11.6 Å². The number of benzene rings is 1. The van der Waals surface area contributed by atoms with Crippen LogP contribution in [0.2, 0.25) is 0 Å². The van der Waals surface area contributed by atoms with Crippen LogP contribution < -0.4 is 0 Å². The number of fused-ring (bicyclic) bond motifs is 1. The minimum Gasteiger partial charge on any atom is -0.379 e. The van der Waals surface area contributed by atoms with Crippen LogP contribution in [0.1, 0.15) is 18.9 Å². The normalized spacial score (nSPS) is 20.4. The summed E-state index contributed by atoms with van der Waals surface area (Å²) in [7, 11) is 0. The van der Waals surface area contributed by atoms with Crippen molar-refractivity contribution < 1.29 is 13.5 Å². The maximum atomic E-state index is 13.6. The molecule has 2 heterocycles. The first-order valence-corrected chi connectivity index (χ1v) is 6.24. The maximum Gasteiger partial charge on any atom is 0.178 e. The highest BCUT2D eigenvalue weighted by Gasteiger charge is 2.20. The van der Waals surface area contributed by atoms with Crippen LogP contribution in [-0.4, -0.2) is 22.8 Å². The molecule has 0 radical (unpaired) electrons. The molecule has 1 atom stereocenters. The van der Waals surface area contributed by atoms with Crippen LogP contribution in [0.3, 0.4) is 0 Å². The fraction of sp³-hybridized carbons (Fsp3) is 0.417. The van der Waals surface area contributed by atoms with Crippen LogP contribution in [0.5, 0.6) is 0 Å². The lowest BCUT2D eigenvalue weighted by Crippen LogP contribution is -2.21. The lowest BCUT2D eigenvalue weighted by atomic mass is 10.1. The van der Waals surface area contributed by atoms with Crippen LogP contribution >= 0.6 is 12.2 Å². The van der Waals surface area contributed by atoms with Gasteiger partial charge in [0.1, 0.15) is 11.3 Å². The number of ether oxygens (including phenoxy) is 1. The van der Waals surface area contributed by atoms with Gasteiger partial charge in [0.15, 0.2) is 10.6 Å². The summed E-state index contributed by atoms with van der Waals surface area (Å²) in [6.07, 6.45) is 1.83. The van der Waals surface area contributed by atoms with Crippen molar-refractivity contribution in [3.05, 3.63) is 28.5 Å². The molecule has 1 fully saturated rings. The number of aromatic nitrogens is 2. The van der Waals surface area contributed by atoms with Crippen LogP contribution in [0.4, 0.5) is 8.78 Å². The molecule has 0 bridgehead atoms. The zero-order valence-corrected chi connectivity index (χ0v) is 10.4. The first-order chi connectivity index (χ1) is 8.66. The molecule has 0 aliphatic carbocycles. The molecule has 2 aromatic rings. The Morgan fingerprint density at radius 1 is 1.39 bits per heavy atom. The van der Waals surface area contributed by atoms with Gasteiger partial charge in [0, 0.05) is 12.7 Å². The molecule has 1 aliphatic rings. The van der Waals surface area contributed by atoms with Crippen LogP contribution in [0, 0.1) is 16.4 Å². The third-order valence-electron chi connectivity index (χ3n) is 3.25. The molecule has 1 aliphatic heterocycles. The van der Waals surface area contributed by atoms with Crippen LogP contribution in [0.25, 0.3) is 11.0 Å². The zero-order valence-electron chi connectivity index (χ0n) is 9.58. The van der Waals surface area contributed by atoms with Crippen molar-refractivity contribution in [2.24, 2.45) is 0 Å². The average Bonchev–Trinajstić information content (AvgIpc) is 2.67. The molecular weight excluding hydrogens is 258 g/mol. The summed E-state index contributed by atoms with van der Waals surface area (Å²) in [5, 5.41) is 0. The summed E-state index contributed by atoms with van der Waals surface area (Å²) in [5.74, 6) is -1.22. The van der Waals surface area contributed by atoms with Crippen molar-refractivity contribution in [2.75, 3.05) is 13.2 Å². The molecule has 1 unspecified atom stereocenters. The SMILES string of the molecule is Fc1cc(F)c2[nH]c(=S)n(C3CCCOC3)c2c1. The lowest BCUT2D eigenvalue weighted by Gasteiger charge is -2.24. The quantitative estimate of drug-likeness (QED) is 0.806. The van der Waals surface area contributed by atoms with Crippen molar-refractivity contribution in [2.45, 2.75) is 18.9 Å². The molecule has 6 heteroatoms. The third kappa shape index (κ3) is 1.85. The molecule has 3 nitrogen and oxygen atoms in total. The second-order valence-corrected chi connectivity index (χ2v) is 4.84. The number of nitrogens with one attached hydrogen (secondary N) is 1. The Balaban J connectivity index is 2.21. The molecule has 0 amide bonds. The Morgan fingerprint density at radius 3 is 2.94 bits per heavy atom. The Bertz CT molecular complexity index is 643. The molecular formula is C12H12F2N2OS. The number of imidazole rings is 1. The zero-order chi connectivity index (χ0) is 12.7. The maximum absolute atomic E-state index is 13.6. The van der Waals surface area contributed by atoms with Gasteiger partial charge < -0.3 is 14.3 Å². The molecule has 18 heavy (non-hydrogen) atoms. The Kier molecular flexibility index (Phi) is 2.91. The minimum atomic E-state index is -0.619. The van der Waals surface area contributed by atoms with Crippen LogP contribution in [0.15, 0.2) is 12.1 Å². The van der Waals surface area contributed by atoms with Crippen molar-refractivity contribution in [3.63, 3.8) is 0 Å². The summed E-state index contributed by atoms with van der Waals surface area (Å²) >= 11 is 5.20. The van der Waals surface area contributed by atoms with Gasteiger partial charge in [-0.1, -0.05) is 0 Å². The van der Waals surface area contributed by atoms with Crippen molar-refractivity contribution in [3.8, 4) is 0 Å². The highest BCUT2D eigenvalue weighted by atomic mass is 32.1. The van der Waals surface area contributed by atoms with Gasteiger partial charge >= 0.3 is 0 Å². The van der Waals surface area contributed by atoms with E-state index >= 15 is 0 Å². The molecule has 1 aromatic carbocycles. The number of hydrogen-bond acceptors (Lipinski definition) is 2. The molecule has 1 N–H and O–H groups in total. The van der Waals surface area contributed by atoms with E-state index in [1.807, 2.05) is 0 Å². The molecule has 1 saturated heterocycles. The second kappa shape index (κ2) is 4.44. The van der Waals surface area contributed by atoms with E-state index < -0.39 is 11.6 Å². The van der Waals surface area contributed by atoms with E-state index in [1.54, 1.807) is 4.57 Å². The summed E-state index contributed by atoms with van der Waals surface area (Å²) in [5.41, 5.74) is 0.722. The van der Waals surface area contributed by atoms with Crippen molar-refractivity contribution in [1.29, 1.82) is 0 Å². The van der Waals surface area contributed by atoms with Gasteiger partial charge in [-0.05, 0) is 31.1 Å². The predicted molar refractivity (Wildman–Crippen MR) is 66.1 cm³/mol. The monoisotopic (exact) mass is 270 g/mol. The first kappa shape index (κ1) is 11.8. The van der Waals surface area contributed by atoms with Gasteiger partial charge in [0.05, 0.1) is 18.2 Å². The third-order valence-corrected chi connectivity index (χ3v) is 3.54. The predicted octanol–water partition coefficient (Wildman–Crippen LogP) is 3.33. The average molecular weight is 270 g/mol. The topological polar surface area (TPSA) is 29.9 Å².